The predicted molar refractivity (Wildman–Crippen MR) is 123 cm³/mol. The van der Waals surface area contributed by atoms with Gasteiger partial charge in [0.1, 0.15) is 0 Å². The molecule has 1 aliphatic heterocycles. The van der Waals surface area contributed by atoms with Gasteiger partial charge in [0.05, 0.1) is 4.90 Å². The Kier molecular flexibility index (Phi) is 6.22. The van der Waals surface area contributed by atoms with Gasteiger partial charge in [0.25, 0.3) is 0 Å². The number of hydrogen-bond acceptors (Lipinski definition) is 3. The molecule has 31 heavy (non-hydrogen) atoms. The van der Waals surface area contributed by atoms with Crippen LogP contribution in [0.25, 0.3) is 0 Å². The van der Waals surface area contributed by atoms with E-state index >= 15 is 0 Å². The summed E-state index contributed by atoms with van der Waals surface area (Å²) in [7, 11) is -3.70. The Balaban J connectivity index is 1.78. The van der Waals surface area contributed by atoms with Crippen LogP contribution in [-0.2, 0) is 21.4 Å². The standard InChI is InChI=1S/C25H32N2O3S/c1-19-17-25(15-7-3-4-8-16-25)27(18-21-9-5-6-10-24(19)21)31(29,30)23-13-11-22(12-14-23)26-20(2)28/h5-6,9-14,19H,3-4,7-8,15-18H2,1-2H3,(H,26,28). The van der Waals surface area contributed by atoms with Crippen LogP contribution in [0.5, 0.6) is 0 Å². The molecule has 2 aliphatic rings. The van der Waals surface area contributed by atoms with E-state index in [2.05, 4.69) is 30.4 Å². The molecule has 2 aromatic carbocycles. The van der Waals surface area contributed by atoms with E-state index in [1.165, 1.54) is 25.3 Å². The molecule has 166 valence electrons. The molecular weight excluding hydrogens is 408 g/mol. The molecule has 1 amide bonds. The van der Waals surface area contributed by atoms with E-state index in [1.54, 1.807) is 24.3 Å². The molecule has 1 saturated carbocycles. The summed E-state index contributed by atoms with van der Waals surface area (Å²) >= 11 is 0. The normalized spacial score (nSPS) is 21.7. The number of carbonyl (C=O) groups excluding carboxylic acids is 1. The van der Waals surface area contributed by atoms with Crippen molar-refractivity contribution in [3.05, 3.63) is 59.7 Å². The Bertz CT molecular complexity index is 1040. The van der Waals surface area contributed by atoms with Crippen LogP contribution in [0.3, 0.4) is 0 Å². The van der Waals surface area contributed by atoms with Gasteiger partial charge in [-0.2, -0.15) is 4.31 Å². The van der Waals surface area contributed by atoms with Crippen molar-refractivity contribution in [3.8, 4) is 0 Å². The zero-order valence-corrected chi connectivity index (χ0v) is 19.2. The van der Waals surface area contributed by atoms with Crippen molar-refractivity contribution in [2.45, 2.75) is 81.7 Å². The summed E-state index contributed by atoms with van der Waals surface area (Å²) in [5.74, 6) is 0.141. The van der Waals surface area contributed by atoms with Crippen LogP contribution < -0.4 is 5.32 Å². The lowest BCUT2D eigenvalue weighted by Crippen LogP contribution is -2.50. The van der Waals surface area contributed by atoms with Gasteiger partial charge < -0.3 is 5.32 Å². The molecule has 1 heterocycles. The molecule has 1 fully saturated rings. The predicted octanol–water partition coefficient (Wildman–Crippen LogP) is 5.44. The smallest absolute Gasteiger partial charge is 0.243 e. The molecule has 2 aromatic rings. The first-order valence-corrected chi connectivity index (χ1v) is 12.7. The van der Waals surface area contributed by atoms with Crippen LogP contribution in [0.15, 0.2) is 53.4 Å². The lowest BCUT2D eigenvalue weighted by Gasteiger charge is -2.42. The Morgan fingerprint density at radius 1 is 1.00 bits per heavy atom. The monoisotopic (exact) mass is 440 g/mol. The van der Waals surface area contributed by atoms with Crippen LogP contribution in [0.2, 0.25) is 0 Å². The van der Waals surface area contributed by atoms with Crippen LogP contribution >= 0.6 is 0 Å². The lowest BCUT2D eigenvalue weighted by molar-refractivity contribution is -0.114. The minimum absolute atomic E-state index is 0.175. The first-order chi connectivity index (χ1) is 14.8. The third-order valence-corrected chi connectivity index (χ3v) is 8.88. The molecular formula is C25H32N2O3S. The molecule has 6 heteroatoms. The molecule has 0 radical (unpaired) electrons. The van der Waals surface area contributed by atoms with E-state index < -0.39 is 10.0 Å². The average molecular weight is 441 g/mol. The van der Waals surface area contributed by atoms with E-state index in [0.29, 0.717) is 18.2 Å². The number of nitrogens with zero attached hydrogens (tertiary/aromatic N) is 1. The summed E-state index contributed by atoms with van der Waals surface area (Å²) in [5.41, 5.74) is 2.62. The van der Waals surface area contributed by atoms with Crippen molar-refractivity contribution in [2.75, 3.05) is 5.32 Å². The maximum absolute atomic E-state index is 14.0. The zero-order valence-electron chi connectivity index (χ0n) is 18.4. The van der Waals surface area contributed by atoms with Gasteiger partial charge in [0.15, 0.2) is 0 Å². The highest BCUT2D eigenvalue weighted by molar-refractivity contribution is 7.89. The van der Waals surface area contributed by atoms with Crippen molar-refractivity contribution >= 4 is 21.6 Å². The molecule has 1 aliphatic carbocycles. The van der Waals surface area contributed by atoms with Crippen molar-refractivity contribution in [1.82, 2.24) is 4.31 Å². The quantitative estimate of drug-likeness (QED) is 0.691. The minimum atomic E-state index is -3.70. The maximum Gasteiger partial charge on any atom is 0.243 e. The van der Waals surface area contributed by atoms with Crippen molar-refractivity contribution in [2.24, 2.45) is 0 Å². The van der Waals surface area contributed by atoms with Crippen LogP contribution in [0, 0.1) is 0 Å². The van der Waals surface area contributed by atoms with Gasteiger partial charge in [0.2, 0.25) is 15.9 Å². The third kappa shape index (κ3) is 4.41. The second-order valence-electron chi connectivity index (χ2n) is 9.16. The maximum atomic E-state index is 14.0. The topological polar surface area (TPSA) is 66.5 Å². The number of benzene rings is 2. The number of hydrogen-bond donors (Lipinski definition) is 1. The molecule has 1 spiro atoms. The van der Waals surface area contributed by atoms with Gasteiger partial charge in [-0.05, 0) is 60.6 Å². The van der Waals surface area contributed by atoms with Gasteiger partial charge in [-0.1, -0.05) is 56.9 Å². The van der Waals surface area contributed by atoms with Crippen LogP contribution in [0.4, 0.5) is 5.69 Å². The fourth-order valence-electron chi connectivity index (χ4n) is 5.48. The van der Waals surface area contributed by atoms with Crippen LogP contribution in [-0.4, -0.2) is 24.2 Å². The van der Waals surface area contributed by atoms with E-state index in [-0.39, 0.29) is 16.3 Å². The Hall–Kier alpha value is -2.18. The summed E-state index contributed by atoms with van der Waals surface area (Å²) < 4.78 is 29.8. The van der Waals surface area contributed by atoms with Gasteiger partial charge in [0, 0.05) is 24.7 Å². The van der Waals surface area contributed by atoms with Crippen molar-refractivity contribution < 1.29 is 13.2 Å². The Labute approximate surface area is 185 Å². The van der Waals surface area contributed by atoms with E-state index in [1.807, 2.05) is 10.4 Å². The zero-order chi connectivity index (χ0) is 22.1. The minimum Gasteiger partial charge on any atom is -0.326 e. The number of rotatable bonds is 3. The molecule has 1 N–H and O–H groups in total. The van der Waals surface area contributed by atoms with Crippen molar-refractivity contribution in [1.29, 1.82) is 0 Å². The SMILES string of the molecule is CC(=O)Nc1ccc(S(=O)(=O)N2Cc3ccccc3C(C)CC23CCCCCC3)cc1. The Morgan fingerprint density at radius 3 is 2.29 bits per heavy atom. The van der Waals surface area contributed by atoms with Gasteiger partial charge in [-0.15, -0.1) is 0 Å². The summed E-state index contributed by atoms with van der Waals surface area (Å²) in [6.07, 6.45) is 7.15. The molecule has 0 saturated heterocycles. The summed E-state index contributed by atoms with van der Waals surface area (Å²) in [5, 5.41) is 2.71. The average Bonchev–Trinajstić information content (AvgIpc) is 3.04. The van der Waals surface area contributed by atoms with E-state index in [0.717, 1.165) is 37.7 Å². The third-order valence-electron chi connectivity index (χ3n) is 6.91. The first kappa shape index (κ1) is 22.0. The number of nitrogens with one attached hydrogen (secondary N) is 1. The molecule has 4 rings (SSSR count). The van der Waals surface area contributed by atoms with Gasteiger partial charge >= 0.3 is 0 Å². The van der Waals surface area contributed by atoms with Crippen LogP contribution in [0.1, 0.15) is 75.8 Å². The highest BCUT2D eigenvalue weighted by Crippen LogP contribution is 2.46. The molecule has 0 bridgehead atoms. The number of amides is 1. The van der Waals surface area contributed by atoms with Gasteiger partial charge in [-0.25, -0.2) is 8.42 Å². The summed E-state index contributed by atoms with van der Waals surface area (Å²) in [6, 6.07) is 14.9. The second-order valence-corrected chi connectivity index (χ2v) is 11.0. The summed E-state index contributed by atoms with van der Waals surface area (Å²) in [4.78, 5) is 11.6. The molecule has 1 atom stereocenters. The van der Waals surface area contributed by atoms with E-state index in [9.17, 15) is 13.2 Å². The molecule has 1 unspecified atom stereocenters. The first-order valence-electron chi connectivity index (χ1n) is 11.3. The van der Waals surface area contributed by atoms with E-state index in [4.69, 9.17) is 0 Å². The number of carbonyl (C=O) groups is 1. The number of fused-ring (bicyclic) bond motifs is 1. The number of sulfonamides is 1. The highest BCUT2D eigenvalue weighted by Gasteiger charge is 2.46. The Morgan fingerprint density at radius 2 is 1.65 bits per heavy atom. The fraction of sp³-hybridized carbons (Fsp3) is 0.480. The van der Waals surface area contributed by atoms with Crippen molar-refractivity contribution in [3.63, 3.8) is 0 Å². The molecule has 0 aromatic heterocycles. The number of anilines is 1. The highest BCUT2D eigenvalue weighted by atomic mass is 32.2. The van der Waals surface area contributed by atoms with Gasteiger partial charge in [-0.3, -0.25) is 4.79 Å². The molecule has 5 nitrogen and oxygen atoms in total. The largest absolute Gasteiger partial charge is 0.326 e. The summed E-state index contributed by atoms with van der Waals surface area (Å²) in [6.45, 7) is 4.09. The fourth-order valence-corrected chi connectivity index (χ4v) is 7.29. The lowest BCUT2D eigenvalue weighted by atomic mass is 9.80. The second kappa shape index (κ2) is 8.75.